The summed E-state index contributed by atoms with van der Waals surface area (Å²) in [5, 5.41) is 12.6. The summed E-state index contributed by atoms with van der Waals surface area (Å²) in [7, 11) is 0. The number of nitrogens with one attached hydrogen (secondary N) is 2. The van der Waals surface area contributed by atoms with Gasteiger partial charge in [-0.3, -0.25) is 4.79 Å². The summed E-state index contributed by atoms with van der Waals surface area (Å²) in [6.45, 7) is 8.52. The summed E-state index contributed by atoms with van der Waals surface area (Å²) in [5.74, 6) is 0.264. The van der Waals surface area contributed by atoms with Crippen molar-refractivity contribution < 1.29 is 14.7 Å². The lowest BCUT2D eigenvalue weighted by molar-refractivity contribution is -0.144. The molecule has 0 saturated heterocycles. The molecule has 0 fully saturated rings. The molecule has 1 heterocycles. The van der Waals surface area contributed by atoms with Crippen LogP contribution >= 0.6 is 0 Å². The van der Waals surface area contributed by atoms with Gasteiger partial charge in [0.1, 0.15) is 5.66 Å². The van der Waals surface area contributed by atoms with Gasteiger partial charge in [-0.1, -0.05) is 26.8 Å². The Labute approximate surface area is 133 Å². The molecule has 1 aliphatic heterocycles. The molecule has 0 radical (unpaired) electrons. The lowest BCUT2D eigenvalue weighted by atomic mass is 10.0. The normalized spacial score (nSPS) is 22.8. The maximum absolute atomic E-state index is 11.5. The molecule has 0 amide bonds. The number of hydrogen-bond acceptors (Lipinski definition) is 5. The highest BCUT2D eigenvalue weighted by Gasteiger charge is 2.32. The van der Waals surface area contributed by atoms with Crippen LogP contribution in [0, 0.1) is 5.92 Å². The van der Waals surface area contributed by atoms with E-state index in [-0.39, 0.29) is 5.97 Å². The van der Waals surface area contributed by atoms with Crippen LogP contribution in [0.1, 0.15) is 59.8 Å². The molecule has 22 heavy (non-hydrogen) atoms. The van der Waals surface area contributed by atoms with Gasteiger partial charge in [0.25, 0.3) is 0 Å². The molecule has 1 aliphatic rings. The third-order valence-electron chi connectivity index (χ3n) is 3.62. The maximum atomic E-state index is 11.5. The Morgan fingerprint density at radius 3 is 2.82 bits per heavy atom. The van der Waals surface area contributed by atoms with E-state index < -0.39 is 5.66 Å². The molecule has 0 bridgehead atoms. The van der Waals surface area contributed by atoms with E-state index in [2.05, 4.69) is 29.9 Å². The molecule has 126 valence electrons. The van der Waals surface area contributed by atoms with Crippen molar-refractivity contribution in [2.45, 2.75) is 65.5 Å². The smallest absolute Gasteiger partial charge is 0.305 e. The highest BCUT2D eigenvalue weighted by atomic mass is 16.5. The molecule has 0 aliphatic carbocycles. The van der Waals surface area contributed by atoms with E-state index in [9.17, 15) is 10.0 Å². The van der Waals surface area contributed by atoms with Gasteiger partial charge in [-0.05, 0) is 50.2 Å². The zero-order valence-corrected chi connectivity index (χ0v) is 14.2. The fourth-order valence-corrected chi connectivity index (χ4v) is 2.39. The monoisotopic (exact) mass is 310 g/mol. The van der Waals surface area contributed by atoms with E-state index >= 15 is 0 Å². The number of allylic oxidation sites excluding steroid dienone is 2. The first kappa shape index (κ1) is 18.7. The Balaban J connectivity index is 2.33. The Bertz CT molecular complexity index is 430. The number of hydroxylamine groups is 1. The van der Waals surface area contributed by atoms with Gasteiger partial charge in [0.15, 0.2) is 0 Å². The van der Waals surface area contributed by atoms with Crippen LogP contribution in [0.25, 0.3) is 0 Å². The van der Waals surface area contributed by atoms with Crippen LogP contribution in [0.2, 0.25) is 0 Å². The van der Waals surface area contributed by atoms with Gasteiger partial charge >= 0.3 is 5.97 Å². The summed E-state index contributed by atoms with van der Waals surface area (Å²) in [4.78, 5) is 11.5. The zero-order chi connectivity index (χ0) is 16.6. The average molecular weight is 310 g/mol. The molecule has 1 rings (SSSR count). The van der Waals surface area contributed by atoms with Gasteiger partial charge in [0.05, 0.1) is 6.61 Å². The molecule has 0 saturated carbocycles. The quantitative estimate of drug-likeness (QED) is 0.346. The third-order valence-corrected chi connectivity index (χ3v) is 3.62. The molecule has 1 atom stereocenters. The summed E-state index contributed by atoms with van der Waals surface area (Å²) in [6, 6.07) is 0. The third kappa shape index (κ3) is 5.81. The number of unbranched alkanes of at least 4 members (excludes halogenated alkanes) is 1. The Kier molecular flexibility index (Phi) is 7.62. The lowest BCUT2D eigenvalue weighted by Crippen LogP contribution is -2.50. The van der Waals surface area contributed by atoms with E-state index in [1.807, 2.05) is 20.8 Å². The Morgan fingerprint density at radius 1 is 1.50 bits per heavy atom. The molecule has 0 spiro atoms. The number of ether oxygens (including phenoxy) is 1. The van der Waals surface area contributed by atoms with Crippen molar-refractivity contribution in [3.8, 4) is 0 Å². The molecule has 5 heteroatoms. The zero-order valence-electron chi connectivity index (χ0n) is 14.2. The molecular formula is C17H30N2O3. The molecule has 0 aromatic carbocycles. The lowest BCUT2D eigenvalue weighted by Gasteiger charge is -2.26. The second kappa shape index (κ2) is 8.96. The Hall–Kier alpha value is -1.33. The summed E-state index contributed by atoms with van der Waals surface area (Å²) in [6.07, 6.45) is 8.13. The van der Waals surface area contributed by atoms with Gasteiger partial charge < -0.3 is 15.3 Å². The maximum Gasteiger partial charge on any atom is 0.305 e. The van der Waals surface area contributed by atoms with Crippen LogP contribution < -0.4 is 10.8 Å². The second-order valence-corrected chi connectivity index (χ2v) is 6.38. The SMILES string of the molecule is CC/C=C1/C=C(CCCCC(=O)OCC(C)C)NC1(C)NO. The van der Waals surface area contributed by atoms with E-state index in [0.29, 0.717) is 18.9 Å². The van der Waals surface area contributed by atoms with Crippen molar-refractivity contribution in [2.75, 3.05) is 6.61 Å². The number of hydrogen-bond donors (Lipinski definition) is 3. The number of esters is 1. The van der Waals surface area contributed by atoms with Crippen LogP contribution in [0.4, 0.5) is 0 Å². The molecular weight excluding hydrogens is 280 g/mol. The van der Waals surface area contributed by atoms with E-state index in [1.54, 1.807) is 0 Å². The topological polar surface area (TPSA) is 70.6 Å². The van der Waals surface area contributed by atoms with Gasteiger partial charge in [-0.15, -0.1) is 0 Å². The van der Waals surface area contributed by atoms with E-state index in [1.165, 1.54) is 0 Å². The predicted molar refractivity (Wildman–Crippen MR) is 87.2 cm³/mol. The molecule has 0 aromatic rings. The fourth-order valence-electron chi connectivity index (χ4n) is 2.39. The largest absolute Gasteiger partial charge is 0.465 e. The van der Waals surface area contributed by atoms with Crippen LogP contribution in [0.15, 0.2) is 23.4 Å². The minimum atomic E-state index is -0.610. The number of carbonyl (C=O) groups is 1. The summed E-state index contributed by atoms with van der Waals surface area (Å²) < 4.78 is 5.15. The standard InChI is InChI=1S/C17H30N2O3/c1-5-8-14-11-15(18-17(14,4)19-21)9-6-7-10-16(20)22-12-13(2)3/h8,11,13,18-19,21H,5-7,9-10,12H2,1-4H3/b14-8-. The first-order valence-electron chi connectivity index (χ1n) is 8.17. The Morgan fingerprint density at radius 2 is 2.23 bits per heavy atom. The molecule has 0 aromatic heterocycles. The number of rotatable bonds is 9. The van der Waals surface area contributed by atoms with Crippen molar-refractivity contribution >= 4 is 5.97 Å². The molecule has 3 N–H and O–H groups in total. The van der Waals surface area contributed by atoms with Crippen molar-refractivity contribution in [2.24, 2.45) is 5.92 Å². The van der Waals surface area contributed by atoms with Crippen molar-refractivity contribution in [1.82, 2.24) is 10.8 Å². The van der Waals surface area contributed by atoms with Gasteiger partial charge in [0, 0.05) is 12.1 Å². The summed E-state index contributed by atoms with van der Waals surface area (Å²) >= 11 is 0. The summed E-state index contributed by atoms with van der Waals surface area (Å²) in [5.41, 5.74) is 3.85. The van der Waals surface area contributed by atoms with Gasteiger partial charge in [-0.25, -0.2) is 0 Å². The van der Waals surface area contributed by atoms with Crippen molar-refractivity contribution in [3.63, 3.8) is 0 Å². The van der Waals surface area contributed by atoms with Crippen molar-refractivity contribution in [3.05, 3.63) is 23.4 Å². The predicted octanol–water partition coefficient (Wildman–Crippen LogP) is 3.26. The average Bonchev–Trinajstić information content (AvgIpc) is 2.79. The van der Waals surface area contributed by atoms with Crippen LogP contribution in [-0.4, -0.2) is 23.4 Å². The van der Waals surface area contributed by atoms with Crippen molar-refractivity contribution in [1.29, 1.82) is 0 Å². The van der Waals surface area contributed by atoms with Crippen LogP contribution in [0.3, 0.4) is 0 Å². The minimum absolute atomic E-state index is 0.115. The first-order valence-corrected chi connectivity index (χ1v) is 8.17. The second-order valence-electron chi connectivity index (χ2n) is 6.38. The highest BCUT2D eigenvalue weighted by molar-refractivity contribution is 5.69. The molecule has 1 unspecified atom stereocenters. The fraction of sp³-hybridized carbons (Fsp3) is 0.706. The van der Waals surface area contributed by atoms with E-state index in [4.69, 9.17) is 4.74 Å². The van der Waals surface area contributed by atoms with Gasteiger partial charge in [0.2, 0.25) is 0 Å². The first-order chi connectivity index (χ1) is 10.4. The van der Waals surface area contributed by atoms with Crippen LogP contribution in [0.5, 0.6) is 0 Å². The highest BCUT2D eigenvalue weighted by Crippen LogP contribution is 2.27. The number of carbonyl (C=O) groups excluding carboxylic acids is 1. The molecule has 5 nitrogen and oxygen atoms in total. The minimum Gasteiger partial charge on any atom is -0.465 e. The van der Waals surface area contributed by atoms with Gasteiger partial charge in [-0.2, -0.15) is 5.48 Å². The van der Waals surface area contributed by atoms with E-state index in [0.717, 1.165) is 37.0 Å². The van der Waals surface area contributed by atoms with Crippen LogP contribution in [-0.2, 0) is 9.53 Å².